The number of nitrogens with one attached hydrogen (secondary N) is 2. The maximum atomic E-state index is 11.4. The number of rotatable bonds is 7. The summed E-state index contributed by atoms with van der Waals surface area (Å²) in [6, 6.07) is 0. The first-order valence-corrected chi connectivity index (χ1v) is 5.98. The summed E-state index contributed by atoms with van der Waals surface area (Å²) in [5, 5.41) is 6.21. The molecule has 16 heavy (non-hydrogen) atoms. The first-order chi connectivity index (χ1) is 7.31. The number of hydrogen-bond acceptors (Lipinski definition) is 3. The van der Waals surface area contributed by atoms with Crippen LogP contribution in [0.2, 0.25) is 0 Å². The minimum Gasteiger partial charge on any atom is -0.356 e. The zero-order valence-corrected chi connectivity index (χ0v) is 11.4. The van der Waals surface area contributed by atoms with Gasteiger partial charge in [-0.2, -0.15) is 0 Å². The Morgan fingerprint density at radius 2 is 1.81 bits per heavy atom. The molecule has 0 aromatic carbocycles. The van der Waals surface area contributed by atoms with Gasteiger partial charge in [-0.05, 0) is 47.8 Å². The molecule has 0 rings (SSSR count). The SMILES string of the molecule is CN(C)CCCNC(=O)CCNC(C)(C)C. The number of carbonyl (C=O) groups excluding carboxylic acids is 1. The molecule has 0 radical (unpaired) electrons. The predicted molar refractivity (Wildman–Crippen MR) is 68.6 cm³/mol. The van der Waals surface area contributed by atoms with Crippen LogP contribution in [0.1, 0.15) is 33.6 Å². The molecule has 0 unspecified atom stereocenters. The normalized spacial score (nSPS) is 11.9. The van der Waals surface area contributed by atoms with E-state index in [2.05, 4.69) is 36.3 Å². The monoisotopic (exact) mass is 229 g/mol. The molecule has 0 bridgehead atoms. The third-order valence-electron chi connectivity index (χ3n) is 2.11. The number of amides is 1. The second-order valence-corrected chi connectivity index (χ2v) is 5.43. The van der Waals surface area contributed by atoms with Crippen molar-refractivity contribution in [3.63, 3.8) is 0 Å². The van der Waals surface area contributed by atoms with E-state index in [1.807, 2.05) is 14.1 Å². The van der Waals surface area contributed by atoms with E-state index >= 15 is 0 Å². The summed E-state index contributed by atoms with van der Waals surface area (Å²) < 4.78 is 0. The quantitative estimate of drug-likeness (QED) is 0.636. The van der Waals surface area contributed by atoms with Crippen LogP contribution in [0.25, 0.3) is 0 Å². The molecule has 0 saturated heterocycles. The van der Waals surface area contributed by atoms with E-state index in [0.717, 1.165) is 26.1 Å². The highest BCUT2D eigenvalue weighted by Gasteiger charge is 2.09. The maximum Gasteiger partial charge on any atom is 0.221 e. The lowest BCUT2D eigenvalue weighted by Gasteiger charge is -2.20. The maximum absolute atomic E-state index is 11.4. The second-order valence-electron chi connectivity index (χ2n) is 5.43. The number of nitrogens with zero attached hydrogens (tertiary/aromatic N) is 1. The van der Waals surface area contributed by atoms with E-state index in [1.165, 1.54) is 0 Å². The summed E-state index contributed by atoms with van der Waals surface area (Å²) in [6.07, 6.45) is 1.56. The van der Waals surface area contributed by atoms with Gasteiger partial charge in [0.05, 0.1) is 0 Å². The zero-order chi connectivity index (χ0) is 12.6. The van der Waals surface area contributed by atoms with E-state index in [0.29, 0.717) is 6.42 Å². The van der Waals surface area contributed by atoms with Crippen LogP contribution in [0.15, 0.2) is 0 Å². The highest BCUT2D eigenvalue weighted by molar-refractivity contribution is 5.75. The van der Waals surface area contributed by atoms with Crippen LogP contribution in [0.4, 0.5) is 0 Å². The molecule has 0 aliphatic rings. The topological polar surface area (TPSA) is 44.4 Å². The van der Waals surface area contributed by atoms with Gasteiger partial charge in [-0.15, -0.1) is 0 Å². The van der Waals surface area contributed by atoms with Crippen molar-refractivity contribution in [2.75, 3.05) is 33.7 Å². The summed E-state index contributed by atoms with van der Waals surface area (Å²) >= 11 is 0. The highest BCUT2D eigenvalue weighted by Crippen LogP contribution is 1.97. The Morgan fingerprint density at radius 1 is 1.19 bits per heavy atom. The lowest BCUT2D eigenvalue weighted by atomic mass is 10.1. The standard InChI is InChI=1S/C12H27N3O/c1-12(2,3)14-9-7-11(16)13-8-6-10-15(4)5/h14H,6-10H2,1-5H3,(H,13,16). The van der Waals surface area contributed by atoms with Gasteiger partial charge in [0.15, 0.2) is 0 Å². The van der Waals surface area contributed by atoms with Crippen molar-refractivity contribution in [2.24, 2.45) is 0 Å². The van der Waals surface area contributed by atoms with Crippen molar-refractivity contribution in [1.82, 2.24) is 15.5 Å². The van der Waals surface area contributed by atoms with E-state index < -0.39 is 0 Å². The van der Waals surface area contributed by atoms with Crippen molar-refractivity contribution < 1.29 is 4.79 Å². The molecule has 2 N–H and O–H groups in total. The van der Waals surface area contributed by atoms with E-state index in [-0.39, 0.29) is 11.4 Å². The molecule has 4 heteroatoms. The number of carbonyl (C=O) groups is 1. The summed E-state index contributed by atoms with van der Waals surface area (Å²) in [5.41, 5.74) is 0.0885. The molecular formula is C12H27N3O. The second kappa shape index (κ2) is 7.63. The van der Waals surface area contributed by atoms with Crippen LogP contribution in [0.3, 0.4) is 0 Å². The third kappa shape index (κ3) is 11.5. The molecule has 0 aliphatic heterocycles. The van der Waals surface area contributed by atoms with Crippen molar-refractivity contribution in [2.45, 2.75) is 39.2 Å². The summed E-state index contributed by atoms with van der Waals surface area (Å²) in [5.74, 6) is 0.135. The summed E-state index contributed by atoms with van der Waals surface area (Å²) in [6.45, 7) is 8.82. The van der Waals surface area contributed by atoms with Gasteiger partial charge in [0.1, 0.15) is 0 Å². The number of hydrogen-bond donors (Lipinski definition) is 2. The lowest BCUT2D eigenvalue weighted by molar-refractivity contribution is -0.121. The van der Waals surface area contributed by atoms with Crippen LogP contribution in [0.5, 0.6) is 0 Å². The van der Waals surface area contributed by atoms with Gasteiger partial charge >= 0.3 is 0 Å². The lowest BCUT2D eigenvalue weighted by Crippen LogP contribution is -2.38. The molecule has 1 amide bonds. The van der Waals surface area contributed by atoms with Gasteiger partial charge < -0.3 is 15.5 Å². The van der Waals surface area contributed by atoms with Crippen molar-refractivity contribution >= 4 is 5.91 Å². The molecule has 0 aromatic heterocycles. The summed E-state index contributed by atoms with van der Waals surface area (Å²) in [7, 11) is 4.07. The van der Waals surface area contributed by atoms with Gasteiger partial charge in [-0.1, -0.05) is 0 Å². The van der Waals surface area contributed by atoms with E-state index in [1.54, 1.807) is 0 Å². The Morgan fingerprint density at radius 3 is 2.31 bits per heavy atom. The van der Waals surface area contributed by atoms with E-state index in [4.69, 9.17) is 0 Å². The smallest absolute Gasteiger partial charge is 0.221 e. The highest BCUT2D eigenvalue weighted by atomic mass is 16.1. The van der Waals surface area contributed by atoms with Crippen molar-refractivity contribution in [3.05, 3.63) is 0 Å². The Hall–Kier alpha value is -0.610. The zero-order valence-electron chi connectivity index (χ0n) is 11.4. The van der Waals surface area contributed by atoms with Crippen molar-refractivity contribution in [1.29, 1.82) is 0 Å². The molecule has 0 aliphatic carbocycles. The summed E-state index contributed by atoms with van der Waals surface area (Å²) in [4.78, 5) is 13.5. The molecule has 96 valence electrons. The Kier molecular flexibility index (Phi) is 7.34. The first-order valence-electron chi connectivity index (χ1n) is 5.98. The van der Waals surface area contributed by atoms with Gasteiger partial charge in [0.25, 0.3) is 0 Å². The Bertz CT molecular complexity index is 197. The average molecular weight is 229 g/mol. The first kappa shape index (κ1) is 15.4. The predicted octanol–water partition coefficient (Wildman–Crippen LogP) is 0.833. The molecular weight excluding hydrogens is 202 g/mol. The van der Waals surface area contributed by atoms with E-state index in [9.17, 15) is 4.79 Å². The molecule has 0 heterocycles. The fourth-order valence-electron chi connectivity index (χ4n) is 1.26. The molecule has 0 atom stereocenters. The van der Waals surface area contributed by atoms with Gasteiger partial charge in [0.2, 0.25) is 5.91 Å². The molecule has 4 nitrogen and oxygen atoms in total. The molecule has 0 aromatic rings. The Labute approximate surface area is 99.8 Å². The van der Waals surface area contributed by atoms with Gasteiger partial charge in [-0.3, -0.25) is 4.79 Å². The minimum atomic E-state index is 0.0885. The molecule has 0 spiro atoms. The Balaban J connectivity index is 3.39. The van der Waals surface area contributed by atoms with Crippen LogP contribution < -0.4 is 10.6 Å². The van der Waals surface area contributed by atoms with Gasteiger partial charge in [-0.25, -0.2) is 0 Å². The average Bonchev–Trinajstić information content (AvgIpc) is 2.10. The fraction of sp³-hybridized carbons (Fsp3) is 0.917. The van der Waals surface area contributed by atoms with Crippen molar-refractivity contribution in [3.8, 4) is 0 Å². The molecule has 0 fully saturated rings. The van der Waals surface area contributed by atoms with Crippen LogP contribution in [0, 0.1) is 0 Å². The van der Waals surface area contributed by atoms with Gasteiger partial charge in [0, 0.05) is 25.0 Å². The largest absolute Gasteiger partial charge is 0.356 e. The van der Waals surface area contributed by atoms with Crippen LogP contribution >= 0.6 is 0 Å². The fourth-order valence-corrected chi connectivity index (χ4v) is 1.26. The molecule has 0 saturated carbocycles. The minimum absolute atomic E-state index is 0.0885. The van der Waals surface area contributed by atoms with Crippen LogP contribution in [-0.4, -0.2) is 50.1 Å². The third-order valence-corrected chi connectivity index (χ3v) is 2.11. The van der Waals surface area contributed by atoms with Crippen LogP contribution in [-0.2, 0) is 4.79 Å².